The molecule has 0 radical (unpaired) electrons. The summed E-state index contributed by atoms with van der Waals surface area (Å²) < 4.78 is 0. The van der Waals surface area contributed by atoms with E-state index in [0.29, 0.717) is 5.54 Å². The lowest BCUT2D eigenvalue weighted by Gasteiger charge is -2.40. The van der Waals surface area contributed by atoms with E-state index in [1.807, 2.05) is 0 Å². The van der Waals surface area contributed by atoms with Gasteiger partial charge in [-0.3, -0.25) is 4.90 Å². The summed E-state index contributed by atoms with van der Waals surface area (Å²) in [6.07, 6.45) is 10.8. The molecule has 1 aliphatic heterocycles. The predicted molar refractivity (Wildman–Crippen MR) is 54.5 cm³/mol. The first-order chi connectivity index (χ1) is 6.35. The molecule has 72 valence electrons. The number of hydrogen-bond donors (Lipinski definition) is 1. The van der Waals surface area contributed by atoms with Gasteiger partial charge in [0.25, 0.3) is 0 Å². The van der Waals surface area contributed by atoms with E-state index in [9.17, 15) is 0 Å². The fraction of sp³-hybridized carbons (Fsp3) is 0.818. The number of rotatable bonds is 1. The Balaban J connectivity index is 1.95. The molecule has 1 saturated heterocycles. The minimum absolute atomic E-state index is 0.426. The Morgan fingerprint density at radius 3 is 2.85 bits per heavy atom. The van der Waals surface area contributed by atoms with E-state index >= 15 is 0 Å². The third-order valence-corrected chi connectivity index (χ3v) is 3.33. The first-order valence-corrected chi connectivity index (χ1v) is 5.26. The van der Waals surface area contributed by atoms with Gasteiger partial charge in [-0.25, -0.2) is 0 Å². The molecule has 2 heteroatoms. The van der Waals surface area contributed by atoms with Gasteiger partial charge in [0, 0.05) is 25.2 Å². The molecule has 1 spiro atoms. The van der Waals surface area contributed by atoms with Crippen LogP contribution in [0.1, 0.15) is 25.7 Å². The maximum atomic E-state index is 5.33. The molecule has 1 aliphatic carbocycles. The molecule has 0 aromatic heterocycles. The lowest BCUT2D eigenvalue weighted by Crippen LogP contribution is -2.58. The summed E-state index contributed by atoms with van der Waals surface area (Å²) in [6.45, 7) is 4.22. The van der Waals surface area contributed by atoms with Crippen LogP contribution in [0, 0.1) is 12.3 Å². The van der Waals surface area contributed by atoms with Gasteiger partial charge in [0.2, 0.25) is 0 Å². The normalized spacial score (nSPS) is 27.6. The average Bonchev–Trinajstić information content (AvgIpc) is 2.54. The zero-order chi connectivity index (χ0) is 9.15. The number of nitrogens with zero attached hydrogens (tertiary/aromatic N) is 1. The second kappa shape index (κ2) is 3.69. The smallest absolute Gasteiger partial charge is 0.0600 e. The average molecular weight is 178 g/mol. The molecule has 1 saturated carbocycles. The maximum Gasteiger partial charge on any atom is 0.0600 e. The van der Waals surface area contributed by atoms with Crippen LogP contribution in [0.15, 0.2) is 0 Å². The SMILES string of the molecule is C#CCN1CCNC2(CCCC2)C1. The van der Waals surface area contributed by atoms with E-state index < -0.39 is 0 Å². The first kappa shape index (κ1) is 9.05. The maximum absolute atomic E-state index is 5.33. The van der Waals surface area contributed by atoms with Crippen molar-refractivity contribution >= 4 is 0 Å². The molecule has 2 nitrogen and oxygen atoms in total. The summed E-state index contributed by atoms with van der Waals surface area (Å²) in [5, 5.41) is 3.67. The molecule has 1 heterocycles. The van der Waals surface area contributed by atoms with Crippen molar-refractivity contribution in [1.29, 1.82) is 0 Å². The van der Waals surface area contributed by atoms with E-state index in [1.165, 1.54) is 25.7 Å². The summed E-state index contributed by atoms with van der Waals surface area (Å²) in [5.74, 6) is 2.74. The highest BCUT2D eigenvalue weighted by Gasteiger charge is 2.37. The van der Waals surface area contributed by atoms with Crippen LogP contribution >= 0.6 is 0 Å². The van der Waals surface area contributed by atoms with Crippen molar-refractivity contribution < 1.29 is 0 Å². The number of terminal acetylenes is 1. The molecule has 2 rings (SSSR count). The highest BCUT2D eigenvalue weighted by molar-refractivity contribution is 5.00. The Kier molecular flexibility index (Phi) is 2.57. The Morgan fingerprint density at radius 2 is 2.15 bits per heavy atom. The largest absolute Gasteiger partial charge is 0.309 e. The molecule has 2 fully saturated rings. The standard InChI is InChI=1S/C11H18N2/c1-2-8-13-9-7-12-11(10-13)5-3-4-6-11/h1,12H,3-10H2. The number of piperazine rings is 1. The van der Waals surface area contributed by atoms with Gasteiger partial charge in [-0.2, -0.15) is 0 Å². The van der Waals surface area contributed by atoms with Crippen molar-refractivity contribution in [2.45, 2.75) is 31.2 Å². The van der Waals surface area contributed by atoms with Gasteiger partial charge in [-0.1, -0.05) is 18.8 Å². The van der Waals surface area contributed by atoms with Gasteiger partial charge in [0.1, 0.15) is 0 Å². The molecule has 0 atom stereocenters. The third kappa shape index (κ3) is 1.87. The zero-order valence-corrected chi connectivity index (χ0v) is 8.18. The van der Waals surface area contributed by atoms with Crippen LogP contribution in [0.5, 0.6) is 0 Å². The fourth-order valence-electron chi connectivity index (χ4n) is 2.69. The van der Waals surface area contributed by atoms with Crippen molar-refractivity contribution in [1.82, 2.24) is 10.2 Å². The van der Waals surface area contributed by atoms with Gasteiger partial charge >= 0.3 is 0 Å². The Morgan fingerprint density at radius 1 is 1.38 bits per heavy atom. The molecule has 0 bridgehead atoms. The van der Waals surface area contributed by atoms with Gasteiger partial charge < -0.3 is 5.32 Å². The van der Waals surface area contributed by atoms with Gasteiger partial charge in [-0.15, -0.1) is 6.42 Å². The fourth-order valence-corrected chi connectivity index (χ4v) is 2.69. The lowest BCUT2D eigenvalue weighted by molar-refractivity contribution is 0.149. The minimum Gasteiger partial charge on any atom is -0.309 e. The van der Waals surface area contributed by atoms with Crippen LogP contribution in [0.25, 0.3) is 0 Å². The first-order valence-electron chi connectivity index (χ1n) is 5.26. The van der Waals surface area contributed by atoms with E-state index in [-0.39, 0.29) is 0 Å². The van der Waals surface area contributed by atoms with Crippen molar-refractivity contribution in [2.24, 2.45) is 0 Å². The Hall–Kier alpha value is -0.520. The summed E-state index contributed by atoms with van der Waals surface area (Å²) in [4.78, 5) is 2.40. The molecular formula is C11H18N2. The predicted octanol–water partition coefficient (Wildman–Crippen LogP) is 0.838. The molecule has 1 N–H and O–H groups in total. The quantitative estimate of drug-likeness (QED) is 0.599. The summed E-state index contributed by atoms with van der Waals surface area (Å²) >= 11 is 0. The molecule has 0 aromatic carbocycles. The van der Waals surface area contributed by atoms with E-state index in [1.54, 1.807) is 0 Å². The second-order valence-electron chi connectivity index (χ2n) is 4.33. The lowest BCUT2D eigenvalue weighted by atomic mass is 9.94. The van der Waals surface area contributed by atoms with Gasteiger partial charge in [0.15, 0.2) is 0 Å². The van der Waals surface area contributed by atoms with Crippen LogP contribution in [0.4, 0.5) is 0 Å². The van der Waals surface area contributed by atoms with Crippen LogP contribution in [0.2, 0.25) is 0 Å². The Labute approximate surface area is 80.7 Å². The monoisotopic (exact) mass is 178 g/mol. The molecule has 0 aromatic rings. The van der Waals surface area contributed by atoms with E-state index in [2.05, 4.69) is 16.1 Å². The highest BCUT2D eigenvalue weighted by Crippen LogP contribution is 2.31. The molecular weight excluding hydrogens is 160 g/mol. The topological polar surface area (TPSA) is 15.3 Å². The van der Waals surface area contributed by atoms with E-state index in [4.69, 9.17) is 6.42 Å². The van der Waals surface area contributed by atoms with Gasteiger partial charge in [-0.05, 0) is 12.8 Å². The van der Waals surface area contributed by atoms with Crippen LogP contribution in [-0.2, 0) is 0 Å². The van der Waals surface area contributed by atoms with Crippen molar-refractivity contribution in [3.8, 4) is 12.3 Å². The van der Waals surface area contributed by atoms with Gasteiger partial charge in [0.05, 0.1) is 6.54 Å². The van der Waals surface area contributed by atoms with Crippen LogP contribution in [0.3, 0.4) is 0 Å². The zero-order valence-electron chi connectivity index (χ0n) is 8.18. The van der Waals surface area contributed by atoms with Crippen LogP contribution in [-0.4, -0.2) is 36.6 Å². The Bertz CT molecular complexity index is 211. The number of nitrogens with one attached hydrogen (secondary N) is 1. The summed E-state index contributed by atoms with van der Waals surface area (Å²) in [5.41, 5.74) is 0.426. The third-order valence-electron chi connectivity index (χ3n) is 3.33. The van der Waals surface area contributed by atoms with Crippen LogP contribution < -0.4 is 5.32 Å². The van der Waals surface area contributed by atoms with Crippen molar-refractivity contribution in [3.63, 3.8) is 0 Å². The molecule has 2 aliphatic rings. The van der Waals surface area contributed by atoms with E-state index in [0.717, 1.165) is 26.2 Å². The summed E-state index contributed by atoms with van der Waals surface area (Å²) in [7, 11) is 0. The minimum atomic E-state index is 0.426. The number of hydrogen-bond acceptors (Lipinski definition) is 2. The molecule has 13 heavy (non-hydrogen) atoms. The molecule has 0 amide bonds. The highest BCUT2D eigenvalue weighted by atomic mass is 15.2. The van der Waals surface area contributed by atoms with Crippen molar-refractivity contribution in [3.05, 3.63) is 0 Å². The summed E-state index contributed by atoms with van der Waals surface area (Å²) in [6, 6.07) is 0. The second-order valence-corrected chi connectivity index (χ2v) is 4.33. The van der Waals surface area contributed by atoms with Crippen molar-refractivity contribution in [2.75, 3.05) is 26.2 Å². The molecule has 0 unspecified atom stereocenters.